The normalized spacial score (nSPS) is 21.0. The first-order chi connectivity index (χ1) is 8.93. The summed E-state index contributed by atoms with van der Waals surface area (Å²) in [6.07, 6.45) is 2.60. The van der Waals surface area contributed by atoms with Crippen molar-refractivity contribution in [3.63, 3.8) is 0 Å². The number of hydrogen-bond acceptors (Lipinski definition) is 5. The van der Waals surface area contributed by atoms with Gasteiger partial charge in [-0.2, -0.15) is 5.06 Å². The Balaban J connectivity index is 3.04. The van der Waals surface area contributed by atoms with Crippen molar-refractivity contribution in [3.05, 3.63) is 12.3 Å². The summed E-state index contributed by atoms with van der Waals surface area (Å²) in [7, 11) is 1.33. The second-order valence-corrected chi connectivity index (χ2v) is 7.03. The number of nitrogens with zero attached hydrogens (tertiary/aromatic N) is 2. The molecular weight excluding hydrogens is 256 g/mol. The Morgan fingerprint density at radius 1 is 1.25 bits per heavy atom. The molecular formula is C15H26N2O3. The van der Waals surface area contributed by atoms with E-state index in [1.54, 1.807) is 5.06 Å². The summed E-state index contributed by atoms with van der Waals surface area (Å²) in [5.41, 5.74) is -0.755. The Morgan fingerprint density at radius 3 is 2.25 bits per heavy atom. The Bertz CT molecular complexity index is 443. The van der Waals surface area contributed by atoms with Gasteiger partial charge in [-0.05, 0) is 27.7 Å². The van der Waals surface area contributed by atoms with Crippen molar-refractivity contribution < 1.29 is 14.4 Å². The van der Waals surface area contributed by atoms with Gasteiger partial charge in [0.2, 0.25) is 0 Å². The van der Waals surface area contributed by atoms with Gasteiger partial charge in [0.05, 0.1) is 24.3 Å². The molecule has 0 unspecified atom stereocenters. The first-order valence-electron chi connectivity index (χ1n) is 6.75. The third-order valence-corrected chi connectivity index (χ3v) is 3.83. The quantitative estimate of drug-likeness (QED) is 0.454. The number of amidine groups is 1. The highest BCUT2D eigenvalue weighted by molar-refractivity contribution is 5.89. The molecule has 1 aliphatic heterocycles. The molecule has 0 atom stereocenters. The molecule has 1 rings (SSSR count). The number of carbonyl (C=O) groups is 1. The predicted octanol–water partition coefficient (Wildman–Crippen LogP) is 2.92. The fraction of sp³-hybridized carbons (Fsp3) is 0.733. The molecule has 1 aliphatic rings. The molecule has 0 saturated heterocycles. The molecule has 0 fully saturated rings. The van der Waals surface area contributed by atoms with Crippen LogP contribution >= 0.6 is 0 Å². The highest BCUT2D eigenvalue weighted by Gasteiger charge is 2.52. The number of aliphatic imine (C=N–C) groups is 1. The van der Waals surface area contributed by atoms with E-state index in [9.17, 15) is 4.79 Å². The van der Waals surface area contributed by atoms with E-state index < -0.39 is 5.97 Å². The minimum absolute atomic E-state index is 0.149. The van der Waals surface area contributed by atoms with Crippen molar-refractivity contribution in [2.45, 2.75) is 59.5 Å². The third-order valence-electron chi connectivity index (χ3n) is 3.83. The van der Waals surface area contributed by atoms with Crippen LogP contribution in [0.25, 0.3) is 0 Å². The van der Waals surface area contributed by atoms with Crippen LogP contribution in [0.1, 0.15) is 48.5 Å². The van der Waals surface area contributed by atoms with Gasteiger partial charge >= 0.3 is 5.97 Å². The summed E-state index contributed by atoms with van der Waals surface area (Å²) in [4.78, 5) is 21.6. The van der Waals surface area contributed by atoms with Gasteiger partial charge in [-0.15, -0.1) is 0 Å². The molecule has 0 radical (unpaired) electrons. The number of carbonyl (C=O) groups excluding carboxylic acids is 1. The van der Waals surface area contributed by atoms with E-state index in [0.29, 0.717) is 0 Å². The molecule has 0 aromatic heterocycles. The molecule has 5 nitrogen and oxygen atoms in total. The summed E-state index contributed by atoms with van der Waals surface area (Å²) >= 11 is 0. The van der Waals surface area contributed by atoms with E-state index in [-0.39, 0.29) is 16.5 Å². The predicted molar refractivity (Wildman–Crippen MR) is 79.1 cm³/mol. The van der Waals surface area contributed by atoms with Crippen LogP contribution in [-0.4, -0.2) is 35.1 Å². The molecule has 1 heterocycles. The molecule has 0 aliphatic carbocycles. The summed E-state index contributed by atoms with van der Waals surface area (Å²) in [6, 6.07) is 0. The van der Waals surface area contributed by atoms with Gasteiger partial charge in [0.1, 0.15) is 12.1 Å². The number of hydrogen-bond donors (Lipinski definition) is 0. The Morgan fingerprint density at radius 2 is 1.80 bits per heavy atom. The lowest BCUT2D eigenvalue weighted by atomic mass is 9.84. The highest BCUT2D eigenvalue weighted by atomic mass is 16.7. The SMILES string of the molecule is COC(=O)/C=C\ON1C(C(C)(C)C)=NC(C)(C)C1(C)C. The average Bonchev–Trinajstić information content (AvgIpc) is 2.47. The number of methoxy groups -OCH3 is 1. The van der Waals surface area contributed by atoms with Crippen LogP contribution in [0.2, 0.25) is 0 Å². The van der Waals surface area contributed by atoms with Crippen LogP contribution in [0.3, 0.4) is 0 Å². The first-order valence-corrected chi connectivity index (χ1v) is 6.75. The molecule has 0 amide bonds. The lowest BCUT2D eigenvalue weighted by molar-refractivity contribution is -0.136. The highest BCUT2D eigenvalue weighted by Crippen LogP contribution is 2.41. The van der Waals surface area contributed by atoms with E-state index in [4.69, 9.17) is 9.83 Å². The summed E-state index contributed by atoms with van der Waals surface area (Å²) < 4.78 is 4.55. The van der Waals surface area contributed by atoms with Gasteiger partial charge in [0.25, 0.3) is 0 Å². The van der Waals surface area contributed by atoms with E-state index in [1.807, 2.05) is 0 Å². The molecule has 0 N–H and O–H groups in total. The van der Waals surface area contributed by atoms with Gasteiger partial charge in [-0.1, -0.05) is 20.8 Å². The Labute approximate surface area is 121 Å². The van der Waals surface area contributed by atoms with Gasteiger partial charge in [0, 0.05) is 5.41 Å². The monoisotopic (exact) mass is 282 g/mol. The van der Waals surface area contributed by atoms with Crippen LogP contribution in [0.4, 0.5) is 0 Å². The Kier molecular flexibility index (Phi) is 4.22. The molecule has 0 spiro atoms. The molecule has 114 valence electrons. The lowest BCUT2D eigenvalue weighted by Gasteiger charge is -2.40. The summed E-state index contributed by atoms with van der Waals surface area (Å²) in [5, 5.41) is 1.78. The molecule has 20 heavy (non-hydrogen) atoms. The minimum atomic E-state index is -0.449. The van der Waals surface area contributed by atoms with E-state index in [0.717, 1.165) is 5.84 Å². The zero-order valence-corrected chi connectivity index (χ0v) is 13.8. The zero-order chi connectivity index (χ0) is 15.8. The van der Waals surface area contributed by atoms with Crippen LogP contribution < -0.4 is 0 Å². The van der Waals surface area contributed by atoms with Gasteiger partial charge in [-0.25, -0.2) is 4.79 Å². The fourth-order valence-corrected chi connectivity index (χ4v) is 1.83. The van der Waals surface area contributed by atoms with Crippen LogP contribution in [0.5, 0.6) is 0 Å². The first kappa shape index (κ1) is 16.5. The van der Waals surface area contributed by atoms with Crippen molar-refractivity contribution in [1.29, 1.82) is 0 Å². The number of ether oxygens (including phenoxy) is 1. The lowest BCUT2D eigenvalue weighted by Crippen LogP contribution is -2.53. The second kappa shape index (κ2) is 5.11. The number of esters is 1. The smallest absolute Gasteiger partial charge is 0.333 e. The van der Waals surface area contributed by atoms with E-state index in [1.165, 1.54) is 19.4 Å². The average molecular weight is 282 g/mol. The van der Waals surface area contributed by atoms with Gasteiger partial charge in [-0.3, -0.25) is 4.99 Å². The molecule has 0 aromatic rings. The maximum atomic E-state index is 11.1. The van der Waals surface area contributed by atoms with Crippen LogP contribution in [0, 0.1) is 5.41 Å². The molecule has 0 aromatic carbocycles. The van der Waals surface area contributed by atoms with E-state index in [2.05, 4.69) is 53.2 Å². The fourth-order valence-electron chi connectivity index (χ4n) is 1.83. The van der Waals surface area contributed by atoms with Crippen molar-refractivity contribution in [1.82, 2.24) is 5.06 Å². The second-order valence-electron chi connectivity index (χ2n) is 7.03. The minimum Gasteiger partial charge on any atom is -0.466 e. The molecule has 5 heteroatoms. The van der Waals surface area contributed by atoms with E-state index >= 15 is 0 Å². The zero-order valence-electron chi connectivity index (χ0n) is 13.8. The largest absolute Gasteiger partial charge is 0.466 e. The summed E-state index contributed by atoms with van der Waals surface area (Å²) in [5.74, 6) is 0.414. The maximum absolute atomic E-state index is 11.1. The topological polar surface area (TPSA) is 51.1 Å². The van der Waals surface area contributed by atoms with Crippen LogP contribution in [0.15, 0.2) is 17.3 Å². The van der Waals surface area contributed by atoms with Gasteiger partial charge < -0.3 is 9.57 Å². The number of rotatable bonds is 3. The number of hydroxylamine groups is 2. The van der Waals surface area contributed by atoms with Crippen LogP contribution in [-0.2, 0) is 14.4 Å². The Hall–Kier alpha value is -1.52. The van der Waals surface area contributed by atoms with Crippen molar-refractivity contribution >= 4 is 11.8 Å². The third kappa shape index (κ3) is 2.97. The molecule has 0 saturated carbocycles. The van der Waals surface area contributed by atoms with Crippen molar-refractivity contribution in [2.75, 3.05) is 7.11 Å². The summed E-state index contributed by atoms with van der Waals surface area (Å²) in [6.45, 7) is 14.6. The van der Waals surface area contributed by atoms with Crippen molar-refractivity contribution in [2.24, 2.45) is 10.4 Å². The molecule has 0 bridgehead atoms. The standard InChI is InChI=1S/C15H26N2O3/c1-13(2,3)12-16-14(4,5)15(6,7)17(12)20-10-9-11(18)19-8/h9-10H,1-8H3/b10-9-. The van der Waals surface area contributed by atoms with Crippen molar-refractivity contribution in [3.8, 4) is 0 Å². The maximum Gasteiger partial charge on any atom is 0.333 e. The van der Waals surface area contributed by atoms with Gasteiger partial charge in [0.15, 0.2) is 0 Å².